The Labute approximate surface area is 146 Å². The fourth-order valence-electron chi connectivity index (χ4n) is 2.13. The SMILES string of the molecule is COc1ccc(NC(=O)CSc2nnc3ccccn23)c([N+](=O)[O-])c1. The van der Waals surface area contributed by atoms with Gasteiger partial charge in [0.2, 0.25) is 5.91 Å². The Bertz CT molecular complexity index is 943. The second-order valence-electron chi connectivity index (χ2n) is 4.89. The molecule has 3 aromatic rings. The summed E-state index contributed by atoms with van der Waals surface area (Å²) in [4.78, 5) is 22.7. The van der Waals surface area contributed by atoms with Crippen molar-refractivity contribution in [3.05, 3.63) is 52.7 Å². The third-order valence-electron chi connectivity index (χ3n) is 3.29. The molecule has 0 saturated heterocycles. The number of benzene rings is 1. The van der Waals surface area contributed by atoms with E-state index in [1.54, 1.807) is 22.7 Å². The van der Waals surface area contributed by atoms with Crippen LogP contribution in [0.15, 0.2) is 47.8 Å². The predicted molar refractivity (Wildman–Crippen MR) is 92.0 cm³/mol. The van der Waals surface area contributed by atoms with E-state index < -0.39 is 4.92 Å². The lowest BCUT2D eigenvalue weighted by Crippen LogP contribution is -2.15. The molecule has 0 bridgehead atoms. The highest BCUT2D eigenvalue weighted by Gasteiger charge is 2.18. The van der Waals surface area contributed by atoms with Gasteiger partial charge < -0.3 is 10.1 Å². The van der Waals surface area contributed by atoms with Crippen LogP contribution in [0.1, 0.15) is 0 Å². The van der Waals surface area contributed by atoms with Crippen LogP contribution in [-0.4, -0.2) is 38.3 Å². The zero-order valence-electron chi connectivity index (χ0n) is 13.1. The Morgan fingerprint density at radius 1 is 1.36 bits per heavy atom. The number of pyridine rings is 1. The van der Waals surface area contributed by atoms with Crippen molar-refractivity contribution in [2.45, 2.75) is 5.16 Å². The van der Waals surface area contributed by atoms with Crippen LogP contribution in [0.5, 0.6) is 5.75 Å². The number of anilines is 1. The van der Waals surface area contributed by atoms with Crippen LogP contribution < -0.4 is 10.1 Å². The molecule has 0 aliphatic carbocycles. The zero-order chi connectivity index (χ0) is 17.8. The van der Waals surface area contributed by atoms with Gasteiger partial charge >= 0.3 is 0 Å². The molecule has 3 rings (SSSR count). The Kier molecular flexibility index (Phi) is 4.80. The van der Waals surface area contributed by atoms with Crippen LogP contribution in [0.25, 0.3) is 5.65 Å². The number of hydrogen-bond acceptors (Lipinski definition) is 7. The van der Waals surface area contributed by atoms with E-state index in [2.05, 4.69) is 15.5 Å². The highest BCUT2D eigenvalue weighted by atomic mass is 32.2. The lowest BCUT2D eigenvalue weighted by molar-refractivity contribution is -0.384. The summed E-state index contributed by atoms with van der Waals surface area (Å²) in [5.41, 5.74) is 0.560. The highest BCUT2D eigenvalue weighted by Crippen LogP contribution is 2.29. The number of thioether (sulfide) groups is 1. The van der Waals surface area contributed by atoms with Gasteiger partial charge in [0.05, 0.1) is 23.9 Å². The maximum Gasteiger partial charge on any atom is 0.296 e. The van der Waals surface area contributed by atoms with Crippen molar-refractivity contribution < 1.29 is 14.5 Å². The summed E-state index contributed by atoms with van der Waals surface area (Å²) in [5, 5.41) is 22.2. The molecule has 2 heterocycles. The molecule has 0 spiro atoms. The number of nitrogens with one attached hydrogen (secondary N) is 1. The fourth-order valence-corrected chi connectivity index (χ4v) is 2.85. The van der Waals surface area contributed by atoms with Crippen molar-refractivity contribution >= 4 is 34.7 Å². The number of methoxy groups -OCH3 is 1. The summed E-state index contributed by atoms with van der Waals surface area (Å²) in [6.07, 6.45) is 1.80. The molecule has 1 aromatic carbocycles. The van der Waals surface area contributed by atoms with E-state index in [4.69, 9.17) is 4.74 Å². The summed E-state index contributed by atoms with van der Waals surface area (Å²) >= 11 is 1.19. The molecule has 1 N–H and O–H groups in total. The molecule has 10 heteroatoms. The number of fused-ring (bicyclic) bond motifs is 1. The average molecular weight is 359 g/mol. The van der Waals surface area contributed by atoms with Crippen molar-refractivity contribution in [2.75, 3.05) is 18.2 Å². The summed E-state index contributed by atoms with van der Waals surface area (Å²) in [7, 11) is 1.41. The van der Waals surface area contributed by atoms with E-state index in [1.807, 2.05) is 12.1 Å². The zero-order valence-corrected chi connectivity index (χ0v) is 13.9. The minimum absolute atomic E-state index is 0.0405. The number of ether oxygens (including phenoxy) is 1. The van der Waals surface area contributed by atoms with Gasteiger partial charge in [-0.25, -0.2) is 0 Å². The van der Waals surface area contributed by atoms with Crippen molar-refractivity contribution in [1.29, 1.82) is 0 Å². The topological polar surface area (TPSA) is 112 Å². The molecule has 0 unspecified atom stereocenters. The van der Waals surface area contributed by atoms with Gasteiger partial charge in [0, 0.05) is 6.20 Å². The van der Waals surface area contributed by atoms with Crippen molar-refractivity contribution in [3.8, 4) is 5.75 Å². The first-order valence-electron chi connectivity index (χ1n) is 7.13. The van der Waals surface area contributed by atoms with Gasteiger partial charge in [0.25, 0.3) is 5.69 Å². The van der Waals surface area contributed by atoms with Gasteiger partial charge in [-0.2, -0.15) is 0 Å². The van der Waals surface area contributed by atoms with E-state index in [-0.39, 0.29) is 23.0 Å². The number of nitrogens with zero attached hydrogens (tertiary/aromatic N) is 4. The molecule has 2 aromatic heterocycles. The standard InChI is InChI=1S/C15H13N5O4S/c1-24-10-5-6-11(12(8-10)20(22)23)16-14(21)9-25-15-18-17-13-4-2-3-7-19(13)15/h2-8H,9H2,1H3,(H,16,21). The van der Waals surface area contributed by atoms with E-state index in [0.717, 1.165) is 0 Å². The van der Waals surface area contributed by atoms with Crippen molar-refractivity contribution in [2.24, 2.45) is 0 Å². The van der Waals surface area contributed by atoms with E-state index in [0.29, 0.717) is 16.6 Å². The lowest BCUT2D eigenvalue weighted by Gasteiger charge is -2.07. The predicted octanol–water partition coefficient (Wildman–Crippen LogP) is 2.38. The summed E-state index contributed by atoms with van der Waals surface area (Å²) in [6, 6.07) is 9.72. The Morgan fingerprint density at radius 2 is 2.20 bits per heavy atom. The normalized spacial score (nSPS) is 10.6. The molecule has 25 heavy (non-hydrogen) atoms. The number of carbonyl (C=O) groups is 1. The van der Waals surface area contributed by atoms with Gasteiger partial charge in [-0.05, 0) is 24.3 Å². The number of carbonyl (C=O) groups excluding carboxylic acids is 1. The Balaban J connectivity index is 1.69. The molecule has 1 amide bonds. The summed E-state index contributed by atoms with van der Waals surface area (Å²) in [6.45, 7) is 0. The van der Waals surface area contributed by atoms with Crippen LogP contribution >= 0.6 is 11.8 Å². The molecular formula is C15H13N5O4S. The van der Waals surface area contributed by atoms with Gasteiger partial charge in [-0.3, -0.25) is 19.3 Å². The minimum atomic E-state index is -0.572. The average Bonchev–Trinajstić information content (AvgIpc) is 3.03. The number of hydrogen-bond donors (Lipinski definition) is 1. The first-order valence-corrected chi connectivity index (χ1v) is 8.12. The van der Waals surface area contributed by atoms with Crippen molar-refractivity contribution in [3.63, 3.8) is 0 Å². The van der Waals surface area contributed by atoms with Crippen LogP contribution in [0.3, 0.4) is 0 Å². The van der Waals surface area contributed by atoms with E-state index in [1.165, 1.54) is 31.0 Å². The molecule has 0 atom stereocenters. The molecule has 9 nitrogen and oxygen atoms in total. The monoisotopic (exact) mass is 359 g/mol. The van der Waals surface area contributed by atoms with Crippen LogP contribution in [0.2, 0.25) is 0 Å². The Morgan fingerprint density at radius 3 is 2.96 bits per heavy atom. The van der Waals surface area contributed by atoms with Gasteiger partial charge in [0.1, 0.15) is 11.4 Å². The molecule has 0 aliphatic rings. The largest absolute Gasteiger partial charge is 0.496 e. The number of nitro groups is 1. The first-order chi connectivity index (χ1) is 12.1. The number of amides is 1. The van der Waals surface area contributed by atoms with Gasteiger partial charge in [-0.15, -0.1) is 10.2 Å². The maximum atomic E-state index is 12.1. The second-order valence-corrected chi connectivity index (χ2v) is 5.83. The molecule has 0 saturated carbocycles. The van der Waals surface area contributed by atoms with Crippen LogP contribution in [0, 0.1) is 10.1 Å². The van der Waals surface area contributed by atoms with Crippen LogP contribution in [-0.2, 0) is 4.79 Å². The second kappa shape index (κ2) is 7.18. The molecule has 0 fully saturated rings. The number of aromatic nitrogens is 3. The molecule has 0 radical (unpaired) electrons. The molecular weight excluding hydrogens is 346 g/mol. The molecule has 0 aliphatic heterocycles. The smallest absolute Gasteiger partial charge is 0.296 e. The van der Waals surface area contributed by atoms with Crippen LogP contribution in [0.4, 0.5) is 11.4 Å². The van der Waals surface area contributed by atoms with Crippen molar-refractivity contribution in [1.82, 2.24) is 14.6 Å². The van der Waals surface area contributed by atoms with E-state index >= 15 is 0 Å². The van der Waals surface area contributed by atoms with E-state index in [9.17, 15) is 14.9 Å². The minimum Gasteiger partial charge on any atom is -0.496 e. The summed E-state index contributed by atoms with van der Waals surface area (Å²) in [5.74, 6) is -0.00116. The first kappa shape index (κ1) is 16.7. The number of nitro benzene ring substituents is 1. The maximum absolute atomic E-state index is 12.1. The fraction of sp³-hybridized carbons (Fsp3) is 0.133. The quantitative estimate of drug-likeness (QED) is 0.408. The highest BCUT2D eigenvalue weighted by molar-refractivity contribution is 7.99. The third kappa shape index (κ3) is 3.69. The molecule has 128 valence electrons. The number of rotatable bonds is 6. The third-order valence-corrected chi connectivity index (χ3v) is 4.23. The van der Waals surface area contributed by atoms with Gasteiger partial charge in [-0.1, -0.05) is 17.8 Å². The van der Waals surface area contributed by atoms with Gasteiger partial charge in [0.15, 0.2) is 10.8 Å². The Hall–Kier alpha value is -3.14. The lowest BCUT2D eigenvalue weighted by atomic mass is 10.2. The summed E-state index contributed by atoms with van der Waals surface area (Å²) < 4.78 is 6.72.